The van der Waals surface area contributed by atoms with Crippen molar-refractivity contribution in [2.75, 3.05) is 18.4 Å². The molecule has 0 fully saturated rings. The quantitative estimate of drug-likeness (QED) is 0.496. The molecule has 7 heteroatoms. The average molecular weight is 391 g/mol. The van der Waals surface area contributed by atoms with Gasteiger partial charge in [-0.1, -0.05) is 29.8 Å². The molecule has 1 amide bonds. The van der Waals surface area contributed by atoms with E-state index in [1.807, 2.05) is 26.0 Å². The molecule has 0 atom stereocenters. The molecule has 0 unspecified atom stereocenters. The third kappa shape index (κ3) is 7.27. The number of benzene rings is 2. The Hall–Kier alpha value is -2.60. The molecule has 0 aliphatic carbocycles. The van der Waals surface area contributed by atoms with E-state index in [2.05, 4.69) is 20.9 Å². The molecule has 2 aromatic carbocycles. The number of hydrogen-bond acceptors (Lipinski definition) is 2. The van der Waals surface area contributed by atoms with Crippen molar-refractivity contribution >= 4 is 29.2 Å². The van der Waals surface area contributed by atoms with Crippen LogP contribution in [-0.2, 0) is 11.3 Å². The van der Waals surface area contributed by atoms with Crippen molar-refractivity contribution in [1.82, 2.24) is 10.6 Å². The standard InChI is InChI=1S/C20H24ClFN4O/c1-3-23-20(25-13-15-5-4-6-16(22)12-15)24-10-9-19(27)26-18-8-7-14(2)11-17(18)21/h4-8,11-12H,3,9-10,13H2,1-2H3,(H,26,27)(H2,23,24,25). The number of nitrogens with zero attached hydrogens (tertiary/aromatic N) is 1. The van der Waals surface area contributed by atoms with Gasteiger partial charge in [-0.25, -0.2) is 9.38 Å². The summed E-state index contributed by atoms with van der Waals surface area (Å²) in [5.41, 5.74) is 2.40. The van der Waals surface area contributed by atoms with Gasteiger partial charge in [-0.05, 0) is 49.2 Å². The molecule has 2 aromatic rings. The zero-order valence-corrected chi connectivity index (χ0v) is 16.2. The molecule has 2 rings (SSSR count). The van der Waals surface area contributed by atoms with E-state index in [9.17, 15) is 9.18 Å². The smallest absolute Gasteiger partial charge is 0.226 e. The van der Waals surface area contributed by atoms with Gasteiger partial charge in [0.15, 0.2) is 5.96 Å². The van der Waals surface area contributed by atoms with Gasteiger partial charge in [0, 0.05) is 19.5 Å². The second-order valence-electron chi connectivity index (χ2n) is 6.03. The molecule has 0 aliphatic rings. The Kier molecular flexibility index (Phi) is 8.07. The fraction of sp³-hybridized carbons (Fsp3) is 0.300. The minimum Gasteiger partial charge on any atom is -0.357 e. The topological polar surface area (TPSA) is 65.5 Å². The zero-order valence-electron chi connectivity index (χ0n) is 15.5. The third-order valence-electron chi connectivity index (χ3n) is 3.70. The van der Waals surface area contributed by atoms with Gasteiger partial charge in [-0.2, -0.15) is 0 Å². The number of aliphatic imine (C=N–C) groups is 1. The summed E-state index contributed by atoms with van der Waals surface area (Å²) in [7, 11) is 0. The van der Waals surface area contributed by atoms with Crippen LogP contribution in [0.5, 0.6) is 0 Å². The van der Waals surface area contributed by atoms with Crippen molar-refractivity contribution in [2.24, 2.45) is 4.99 Å². The number of amides is 1. The van der Waals surface area contributed by atoms with E-state index in [0.29, 0.717) is 36.3 Å². The summed E-state index contributed by atoms with van der Waals surface area (Å²) >= 11 is 6.12. The molecule has 27 heavy (non-hydrogen) atoms. The molecule has 0 saturated heterocycles. The first kappa shape index (κ1) is 20.7. The Labute approximate surface area is 164 Å². The maximum atomic E-state index is 13.2. The van der Waals surface area contributed by atoms with Gasteiger partial charge in [0.25, 0.3) is 0 Å². The molecule has 5 nitrogen and oxygen atoms in total. The molecule has 0 aromatic heterocycles. The number of halogens is 2. The Morgan fingerprint density at radius 3 is 2.70 bits per heavy atom. The molecule has 0 radical (unpaired) electrons. The zero-order chi connectivity index (χ0) is 19.6. The Morgan fingerprint density at radius 2 is 2.00 bits per heavy atom. The maximum Gasteiger partial charge on any atom is 0.226 e. The Morgan fingerprint density at radius 1 is 1.19 bits per heavy atom. The van der Waals surface area contributed by atoms with Crippen LogP contribution in [-0.4, -0.2) is 25.0 Å². The van der Waals surface area contributed by atoms with Crippen LogP contribution in [0.25, 0.3) is 0 Å². The van der Waals surface area contributed by atoms with Crippen LogP contribution in [0.3, 0.4) is 0 Å². The van der Waals surface area contributed by atoms with E-state index in [0.717, 1.165) is 11.1 Å². The third-order valence-corrected chi connectivity index (χ3v) is 4.01. The summed E-state index contributed by atoms with van der Waals surface area (Å²) in [5, 5.41) is 9.51. The van der Waals surface area contributed by atoms with E-state index >= 15 is 0 Å². The number of rotatable bonds is 7. The molecule has 0 heterocycles. The van der Waals surface area contributed by atoms with Crippen molar-refractivity contribution in [3.8, 4) is 0 Å². The monoisotopic (exact) mass is 390 g/mol. The van der Waals surface area contributed by atoms with Crippen molar-refractivity contribution in [3.05, 3.63) is 64.4 Å². The van der Waals surface area contributed by atoms with Crippen molar-refractivity contribution in [1.29, 1.82) is 0 Å². The predicted molar refractivity (Wildman–Crippen MR) is 109 cm³/mol. The van der Waals surface area contributed by atoms with E-state index in [1.54, 1.807) is 18.2 Å². The number of guanidine groups is 1. The molecule has 0 saturated carbocycles. The first-order chi connectivity index (χ1) is 13.0. The lowest BCUT2D eigenvalue weighted by molar-refractivity contribution is -0.116. The molecule has 0 bridgehead atoms. The van der Waals surface area contributed by atoms with Gasteiger partial charge in [0.05, 0.1) is 17.3 Å². The first-order valence-corrected chi connectivity index (χ1v) is 9.18. The molecule has 144 valence electrons. The Balaban J connectivity index is 1.84. The Bertz CT molecular complexity index is 810. The van der Waals surface area contributed by atoms with Crippen LogP contribution in [0.2, 0.25) is 5.02 Å². The molecule has 3 N–H and O–H groups in total. The largest absolute Gasteiger partial charge is 0.357 e. The number of hydrogen-bond donors (Lipinski definition) is 3. The van der Waals surface area contributed by atoms with Gasteiger partial charge < -0.3 is 16.0 Å². The van der Waals surface area contributed by atoms with Gasteiger partial charge >= 0.3 is 0 Å². The van der Waals surface area contributed by atoms with Crippen LogP contribution in [0.4, 0.5) is 10.1 Å². The van der Waals surface area contributed by atoms with Crippen LogP contribution in [0.15, 0.2) is 47.5 Å². The molecular weight excluding hydrogens is 367 g/mol. The van der Waals surface area contributed by atoms with Gasteiger partial charge in [0.2, 0.25) is 5.91 Å². The number of nitrogens with one attached hydrogen (secondary N) is 3. The van der Waals surface area contributed by atoms with Gasteiger partial charge in [0.1, 0.15) is 5.82 Å². The number of aryl methyl sites for hydroxylation is 1. The van der Waals surface area contributed by atoms with Crippen LogP contribution in [0.1, 0.15) is 24.5 Å². The average Bonchev–Trinajstić information content (AvgIpc) is 2.62. The van der Waals surface area contributed by atoms with Crippen LogP contribution in [0, 0.1) is 12.7 Å². The lowest BCUT2D eigenvalue weighted by atomic mass is 10.2. The summed E-state index contributed by atoms with van der Waals surface area (Å²) in [4.78, 5) is 16.5. The minimum atomic E-state index is -0.285. The second kappa shape index (κ2) is 10.5. The normalized spacial score (nSPS) is 11.2. The molecular formula is C20H24ClFN4O. The van der Waals surface area contributed by atoms with Crippen molar-refractivity contribution < 1.29 is 9.18 Å². The highest BCUT2D eigenvalue weighted by Gasteiger charge is 2.07. The lowest BCUT2D eigenvalue weighted by Crippen LogP contribution is -2.38. The second-order valence-corrected chi connectivity index (χ2v) is 6.44. The summed E-state index contributed by atoms with van der Waals surface area (Å²) in [5.74, 6) is 0.143. The summed E-state index contributed by atoms with van der Waals surface area (Å²) < 4.78 is 13.2. The minimum absolute atomic E-state index is 0.144. The maximum absolute atomic E-state index is 13.2. The van der Waals surface area contributed by atoms with E-state index in [1.165, 1.54) is 12.1 Å². The van der Waals surface area contributed by atoms with E-state index in [4.69, 9.17) is 11.6 Å². The highest BCUT2D eigenvalue weighted by molar-refractivity contribution is 6.33. The van der Waals surface area contributed by atoms with Crippen molar-refractivity contribution in [3.63, 3.8) is 0 Å². The highest BCUT2D eigenvalue weighted by atomic mass is 35.5. The highest BCUT2D eigenvalue weighted by Crippen LogP contribution is 2.22. The van der Waals surface area contributed by atoms with Crippen molar-refractivity contribution in [2.45, 2.75) is 26.8 Å². The van der Waals surface area contributed by atoms with Crippen LogP contribution >= 0.6 is 11.6 Å². The summed E-state index contributed by atoms with van der Waals surface area (Å²) in [6, 6.07) is 11.8. The summed E-state index contributed by atoms with van der Waals surface area (Å²) in [6.45, 7) is 5.32. The fourth-order valence-corrected chi connectivity index (χ4v) is 2.66. The number of carbonyl (C=O) groups is 1. The van der Waals surface area contributed by atoms with Gasteiger partial charge in [-0.15, -0.1) is 0 Å². The van der Waals surface area contributed by atoms with Gasteiger partial charge in [-0.3, -0.25) is 4.79 Å². The van der Waals surface area contributed by atoms with E-state index in [-0.39, 0.29) is 18.1 Å². The summed E-state index contributed by atoms with van der Waals surface area (Å²) in [6.07, 6.45) is 0.259. The predicted octanol–water partition coefficient (Wildman–Crippen LogP) is 3.87. The lowest BCUT2D eigenvalue weighted by Gasteiger charge is -2.12. The van der Waals surface area contributed by atoms with E-state index < -0.39 is 0 Å². The van der Waals surface area contributed by atoms with Crippen LogP contribution < -0.4 is 16.0 Å². The SMILES string of the molecule is CCNC(=NCc1cccc(F)c1)NCCC(=O)Nc1ccc(C)cc1Cl. The molecule has 0 spiro atoms. The fourth-order valence-electron chi connectivity index (χ4n) is 2.38. The number of anilines is 1. The number of carbonyl (C=O) groups excluding carboxylic acids is 1. The molecule has 0 aliphatic heterocycles. The first-order valence-electron chi connectivity index (χ1n) is 8.80.